The van der Waals surface area contributed by atoms with Gasteiger partial charge in [0.1, 0.15) is 18.2 Å². The van der Waals surface area contributed by atoms with Crippen LogP contribution in [0.25, 0.3) is 10.9 Å². The summed E-state index contributed by atoms with van der Waals surface area (Å²) in [4.78, 5) is 21.9. The van der Waals surface area contributed by atoms with Crippen molar-refractivity contribution in [1.29, 1.82) is 0 Å². The van der Waals surface area contributed by atoms with Gasteiger partial charge in [-0.05, 0) is 50.2 Å². The van der Waals surface area contributed by atoms with Gasteiger partial charge < -0.3 is 19.2 Å². The van der Waals surface area contributed by atoms with Crippen LogP contribution in [0, 0.1) is 13.8 Å². The van der Waals surface area contributed by atoms with Gasteiger partial charge in [0, 0.05) is 12.6 Å². The van der Waals surface area contributed by atoms with Crippen LogP contribution >= 0.6 is 0 Å². The van der Waals surface area contributed by atoms with Crippen LogP contribution in [0.5, 0.6) is 17.2 Å². The molecule has 1 heterocycles. The van der Waals surface area contributed by atoms with Crippen molar-refractivity contribution in [2.24, 2.45) is 0 Å². The number of aryl methyl sites for hydroxylation is 2. The van der Waals surface area contributed by atoms with Gasteiger partial charge >= 0.3 is 0 Å². The Hall–Kier alpha value is -3.06. The Morgan fingerprint density at radius 2 is 1.66 bits per heavy atom. The standard InChI is InChI=1S/C22H27N3O4/c1-14-8-15(2)10-16(9-14)29-7-6-25(3)13-21-23-18-12-20(28-5)19(27-4)11-17(18)22(26)24-21/h8-12H,6-7,13H2,1-5H3,(H,23,24,26). The zero-order valence-electron chi connectivity index (χ0n) is 17.5. The van der Waals surface area contributed by atoms with E-state index in [0.29, 0.717) is 47.9 Å². The maximum absolute atomic E-state index is 12.5. The third kappa shape index (κ3) is 5.06. The van der Waals surface area contributed by atoms with Gasteiger partial charge in [-0.3, -0.25) is 9.69 Å². The number of fused-ring (bicyclic) bond motifs is 1. The summed E-state index contributed by atoms with van der Waals surface area (Å²) >= 11 is 0. The normalized spacial score (nSPS) is 11.1. The summed E-state index contributed by atoms with van der Waals surface area (Å²) in [5, 5.41) is 0.465. The van der Waals surface area contributed by atoms with E-state index in [0.717, 1.165) is 5.75 Å². The summed E-state index contributed by atoms with van der Waals surface area (Å²) in [6.45, 7) is 5.84. The lowest BCUT2D eigenvalue weighted by molar-refractivity contribution is 0.229. The molecule has 0 aliphatic rings. The number of benzene rings is 2. The summed E-state index contributed by atoms with van der Waals surface area (Å²) in [5.41, 5.74) is 2.73. The van der Waals surface area contributed by atoms with Crippen molar-refractivity contribution in [3.05, 3.63) is 57.6 Å². The number of methoxy groups -OCH3 is 2. The summed E-state index contributed by atoms with van der Waals surface area (Å²) < 4.78 is 16.4. The maximum atomic E-state index is 12.5. The molecular formula is C22H27N3O4. The minimum atomic E-state index is -0.203. The fourth-order valence-electron chi connectivity index (χ4n) is 3.26. The minimum absolute atomic E-state index is 0.203. The van der Waals surface area contributed by atoms with Crippen LogP contribution in [0.4, 0.5) is 0 Å². The number of likely N-dealkylation sites (N-methyl/N-ethyl adjacent to an activating group) is 1. The predicted molar refractivity (Wildman–Crippen MR) is 113 cm³/mol. The molecule has 0 atom stereocenters. The second-order valence-electron chi connectivity index (χ2n) is 7.15. The van der Waals surface area contributed by atoms with Gasteiger partial charge in [0.15, 0.2) is 11.5 Å². The van der Waals surface area contributed by atoms with Gasteiger partial charge in [0.05, 0.1) is 31.7 Å². The van der Waals surface area contributed by atoms with E-state index >= 15 is 0 Å². The second kappa shape index (κ2) is 8.96. The van der Waals surface area contributed by atoms with E-state index < -0.39 is 0 Å². The van der Waals surface area contributed by atoms with E-state index in [1.54, 1.807) is 19.2 Å². The summed E-state index contributed by atoms with van der Waals surface area (Å²) in [6, 6.07) is 9.53. The summed E-state index contributed by atoms with van der Waals surface area (Å²) in [7, 11) is 5.06. The van der Waals surface area contributed by atoms with Crippen molar-refractivity contribution in [2.45, 2.75) is 20.4 Å². The van der Waals surface area contributed by atoms with Crippen molar-refractivity contribution in [3.8, 4) is 17.2 Å². The number of nitrogens with one attached hydrogen (secondary N) is 1. The van der Waals surface area contributed by atoms with Gasteiger partial charge in [-0.25, -0.2) is 4.98 Å². The molecule has 0 saturated carbocycles. The number of hydrogen-bond acceptors (Lipinski definition) is 6. The fourth-order valence-corrected chi connectivity index (χ4v) is 3.26. The topological polar surface area (TPSA) is 76.7 Å². The molecule has 0 aliphatic carbocycles. The smallest absolute Gasteiger partial charge is 0.258 e. The van der Waals surface area contributed by atoms with E-state index in [1.165, 1.54) is 18.2 Å². The number of ether oxygens (including phenoxy) is 3. The van der Waals surface area contributed by atoms with Crippen LogP contribution in [0.15, 0.2) is 35.1 Å². The van der Waals surface area contributed by atoms with E-state index in [2.05, 4.69) is 29.9 Å². The number of aromatic nitrogens is 2. The highest BCUT2D eigenvalue weighted by molar-refractivity contribution is 5.81. The van der Waals surface area contributed by atoms with Crippen molar-refractivity contribution < 1.29 is 14.2 Å². The SMILES string of the molecule is COc1cc2nc(CN(C)CCOc3cc(C)cc(C)c3)[nH]c(=O)c2cc1OC. The van der Waals surface area contributed by atoms with Crippen molar-refractivity contribution >= 4 is 10.9 Å². The molecule has 1 N–H and O–H groups in total. The highest BCUT2D eigenvalue weighted by Crippen LogP contribution is 2.29. The Morgan fingerprint density at radius 3 is 2.31 bits per heavy atom. The van der Waals surface area contributed by atoms with E-state index in [1.807, 2.05) is 24.1 Å². The number of hydrogen-bond donors (Lipinski definition) is 1. The summed E-state index contributed by atoms with van der Waals surface area (Å²) in [6.07, 6.45) is 0. The molecule has 7 nitrogen and oxygen atoms in total. The first-order chi connectivity index (χ1) is 13.9. The Morgan fingerprint density at radius 1 is 1.00 bits per heavy atom. The molecule has 29 heavy (non-hydrogen) atoms. The van der Waals surface area contributed by atoms with E-state index in [9.17, 15) is 4.79 Å². The number of aromatic amines is 1. The second-order valence-corrected chi connectivity index (χ2v) is 7.15. The van der Waals surface area contributed by atoms with Gasteiger partial charge in [-0.1, -0.05) is 6.07 Å². The average molecular weight is 397 g/mol. The average Bonchev–Trinajstić information content (AvgIpc) is 2.66. The fraction of sp³-hybridized carbons (Fsp3) is 0.364. The number of rotatable bonds is 8. The quantitative estimate of drug-likeness (QED) is 0.630. The first-order valence-electron chi connectivity index (χ1n) is 9.44. The monoisotopic (exact) mass is 397 g/mol. The number of nitrogens with zero attached hydrogens (tertiary/aromatic N) is 2. The molecule has 3 aromatic rings. The van der Waals surface area contributed by atoms with Crippen molar-refractivity contribution in [3.63, 3.8) is 0 Å². The molecular weight excluding hydrogens is 370 g/mol. The first kappa shape index (κ1) is 20.7. The van der Waals surface area contributed by atoms with Crippen molar-refractivity contribution in [2.75, 3.05) is 34.4 Å². The lowest BCUT2D eigenvalue weighted by atomic mass is 10.1. The van der Waals surface area contributed by atoms with Gasteiger partial charge in [-0.15, -0.1) is 0 Å². The molecule has 154 valence electrons. The van der Waals surface area contributed by atoms with Crippen LogP contribution in [0.3, 0.4) is 0 Å². The van der Waals surface area contributed by atoms with Crippen LogP contribution in [0.2, 0.25) is 0 Å². The Kier molecular flexibility index (Phi) is 6.39. The number of H-pyrrole nitrogens is 1. The van der Waals surface area contributed by atoms with Gasteiger partial charge in [0.2, 0.25) is 0 Å². The van der Waals surface area contributed by atoms with Crippen LogP contribution in [0.1, 0.15) is 17.0 Å². The third-order valence-electron chi connectivity index (χ3n) is 4.62. The molecule has 2 aromatic carbocycles. The third-order valence-corrected chi connectivity index (χ3v) is 4.62. The van der Waals surface area contributed by atoms with E-state index in [-0.39, 0.29) is 5.56 Å². The molecule has 1 aromatic heterocycles. The predicted octanol–water partition coefficient (Wildman–Crippen LogP) is 3.07. The van der Waals surface area contributed by atoms with Crippen LogP contribution in [-0.4, -0.2) is 49.3 Å². The molecule has 7 heteroatoms. The molecule has 0 amide bonds. The van der Waals surface area contributed by atoms with E-state index in [4.69, 9.17) is 14.2 Å². The lowest BCUT2D eigenvalue weighted by Crippen LogP contribution is -2.26. The first-order valence-corrected chi connectivity index (χ1v) is 9.44. The van der Waals surface area contributed by atoms with Crippen LogP contribution < -0.4 is 19.8 Å². The molecule has 0 fully saturated rings. The molecule has 3 rings (SSSR count). The molecule has 0 saturated heterocycles. The zero-order chi connectivity index (χ0) is 21.0. The molecule has 0 unspecified atom stereocenters. The maximum Gasteiger partial charge on any atom is 0.258 e. The largest absolute Gasteiger partial charge is 0.493 e. The molecule has 0 radical (unpaired) electrons. The Balaban J connectivity index is 1.68. The van der Waals surface area contributed by atoms with Crippen molar-refractivity contribution in [1.82, 2.24) is 14.9 Å². The molecule has 0 bridgehead atoms. The molecule has 0 spiro atoms. The molecule has 0 aliphatic heterocycles. The Labute approximate surface area is 170 Å². The van der Waals surface area contributed by atoms with Crippen LogP contribution in [-0.2, 0) is 6.54 Å². The van der Waals surface area contributed by atoms with Gasteiger partial charge in [-0.2, -0.15) is 0 Å². The highest BCUT2D eigenvalue weighted by Gasteiger charge is 2.12. The van der Waals surface area contributed by atoms with Gasteiger partial charge in [0.25, 0.3) is 5.56 Å². The zero-order valence-corrected chi connectivity index (χ0v) is 17.5. The Bertz CT molecular complexity index is 1040. The minimum Gasteiger partial charge on any atom is -0.493 e. The summed E-state index contributed by atoms with van der Waals surface area (Å²) in [5.74, 6) is 2.50. The lowest BCUT2D eigenvalue weighted by Gasteiger charge is -2.17. The highest BCUT2D eigenvalue weighted by atomic mass is 16.5.